The normalized spacial score (nSPS) is 17.4. The highest BCUT2D eigenvalue weighted by atomic mass is 32.2. The van der Waals surface area contributed by atoms with Gasteiger partial charge in [-0.2, -0.15) is 0 Å². The van der Waals surface area contributed by atoms with E-state index in [4.69, 9.17) is 14.6 Å². The number of hydrogen-bond donors (Lipinski definition) is 2. The number of ketones is 1. The Morgan fingerprint density at radius 1 is 0.923 bits per heavy atom. The minimum Gasteiger partial charge on any atom is -0.507 e. The lowest BCUT2D eigenvalue weighted by Gasteiger charge is -2.26. The highest BCUT2D eigenvalue weighted by Crippen LogP contribution is 2.43. The zero-order valence-electron chi connectivity index (χ0n) is 22.3. The number of carbonyl (C=O) groups excluding carboxylic acids is 2. The van der Waals surface area contributed by atoms with E-state index in [1.807, 2.05) is 20.8 Å². The maximum Gasteiger partial charge on any atom is 0.300 e. The molecule has 1 aliphatic rings. The minimum atomic E-state index is -3.97. The molecular formula is C29H30N2O7S. The molecule has 1 saturated heterocycles. The highest BCUT2D eigenvalue weighted by molar-refractivity contribution is 7.89. The van der Waals surface area contributed by atoms with Crippen LogP contribution in [0.3, 0.4) is 0 Å². The number of aliphatic hydroxyl groups is 1. The van der Waals surface area contributed by atoms with Gasteiger partial charge in [-0.05, 0) is 65.6 Å². The first kappa shape index (κ1) is 27.9. The third kappa shape index (κ3) is 5.25. The van der Waals surface area contributed by atoms with E-state index in [9.17, 15) is 23.1 Å². The van der Waals surface area contributed by atoms with Crippen LogP contribution in [0.2, 0.25) is 0 Å². The number of benzene rings is 3. The molecule has 0 spiro atoms. The second kappa shape index (κ2) is 10.2. The molecule has 204 valence electrons. The molecule has 1 aliphatic heterocycles. The number of amides is 1. The predicted molar refractivity (Wildman–Crippen MR) is 147 cm³/mol. The monoisotopic (exact) mass is 550 g/mol. The summed E-state index contributed by atoms with van der Waals surface area (Å²) in [4.78, 5) is 28.0. The summed E-state index contributed by atoms with van der Waals surface area (Å²) in [6.45, 7) is 5.99. The van der Waals surface area contributed by atoms with E-state index in [1.54, 1.807) is 49.6 Å². The van der Waals surface area contributed by atoms with Crippen LogP contribution in [0.4, 0.5) is 5.69 Å². The largest absolute Gasteiger partial charge is 0.507 e. The Morgan fingerprint density at radius 2 is 1.54 bits per heavy atom. The highest BCUT2D eigenvalue weighted by Gasteiger charge is 2.47. The van der Waals surface area contributed by atoms with Crippen LogP contribution in [-0.2, 0) is 25.0 Å². The predicted octanol–water partition coefficient (Wildman–Crippen LogP) is 4.28. The Balaban J connectivity index is 1.94. The number of sulfonamides is 1. The third-order valence-corrected chi connectivity index (χ3v) is 7.53. The molecule has 0 saturated carbocycles. The summed E-state index contributed by atoms with van der Waals surface area (Å²) in [7, 11) is -0.892. The molecule has 4 rings (SSSR count). The molecule has 3 aromatic rings. The number of nitrogens with two attached hydrogens (primary N) is 1. The second-order valence-corrected chi connectivity index (χ2v) is 11.7. The summed E-state index contributed by atoms with van der Waals surface area (Å²) in [5.41, 5.74) is 1.51. The Bertz CT molecular complexity index is 1570. The van der Waals surface area contributed by atoms with Crippen molar-refractivity contribution in [1.82, 2.24) is 0 Å². The van der Waals surface area contributed by atoms with Crippen molar-refractivity contribution in [2.45, 2.75) is 37.1 Å². The van der Waals surface area contributed by atoms with Crippen molar-refractivity contribution in [2.75, 3.05) is 19.1 Å². The SMILES string of the molecule is COc1ccc(C2/C(=C(/O)c3ccc(OC)c(C(C)(C)C)c3)C(=O)C(=O)N2c2ccc(S(N)(=O)=O)cc2)cc1. The summed E-state index contributed by atoms with van der Waals surface area (Å²) >= 11 is 0. The maximum absolute atomic E-state index is 13.5. The quantitative estimate of drug-likeness (QED) is 0.266. The fourth-order valence-electron chi connectivity index (χ4n) is 4.59. The molecule has 0 radical (unpaired) electrons. The van der Waals surface area contributed by atoms with Gasteiger partial charge in [0.2, 0.25) is 10.0 Å². The molecule has 1 fully saturated rings. The molecule has 1 unspecified atom stereocenters. The van der Waals surface area contributed by atoms with Crippen molar-refractivity contribution in [1.29, 1.82) is 0 Å². The molecule has 1 heterocycles. The van der Waals surface area contributed by atoms with Crippen LogP contribution in [0.15, 0.2) is 77.2 Å². The van der Waals surface area contributed by atoms with Gasteiger partial charge < -0.3 is 14.6 Å². The number of aliphatic hydroxyl groups excluding tert-OH is 1. The van der Waals surface area contributed by atoms with Crippen LogP contribution >= 0.6 is 0 Å². The van der Waals surface area contributed by atoms with Crippen molar-refractivity contribution >= 4 is 33.2 Å². The first-order valence-electron chi connectivity index (χ1n) is 12.0. The summed E-state index contributed by atoms with van der Waals surface area (Å²) in [5.74, 6) is -0.896. The number of ether oxygens (including phenoxy) is 2. The van der Waals surface area contributed by atoms with E-state index in [0.717, 1.165) is 5.56 Å². The van der Waals surface area contributed by atoms with Gasteiger partial charge >= 0.3 is 0 Å². The number of rotatable bonds is 6. The molecule has 1 atom stereocenters. The van der Waals surface area contributed by atoms with Gasteiger partial charge in [0.15, 0.2) is 0 Å². The zero-order valence-corrected chi connectivity index (χ0v) is 23.1. The van der Waals surface area contributed by atoms with E-state index in [-0.39, 0.29) is 27.3 Å². The minimum absolute atomic E-state index is 0.106. The van der Waals surface area contributed by atoms with Gasteiger partial charge in [0.25, 0.3) is 11.7 Å². The Labute approximate surface area is 227 Å². The summed E-state index contributed by atoms with van der Waals surface area (Å²) in [6, 6.07) is 16.1. The van der Waals surface area contributed by atoms with Crippen molar-refractivity contribution < 1.29 is 32.6 Å². The Kier molecular flexibility index (Phi) is 7.29. The topological polar surface area (TPSA) is 136 Å². The van der Waals surface area contributed by atoms with Crippen molar-refractivity contribution in [3.63, 3.8) is 0 Å². The average Bonchev–Trinajstić information content (AvgIpc) is 3.17. The van der Waals surface area contributed by atoms with Gasteiger partial charge in [-0.15, -0.1) is 0 Å². The molecular weight excluding hydrogens is 520 g/mol. The summed E-state index contributed by atoms with van der Waals surface area (Å²) < 4.78 is 34.3. The fourth-order valence-corrected chi connectivity index (χ4v) is 5.11. The van der Waals surface area contributed by atoms with Crippen LogP contribution in [-0.4, -0.2) is 39.4 Å². The second-order valence-electron chi connectivity index (χ2n) is 10.1. The Hall–Kier alpha value is -4.15. The summed E-state index contributed by atoms with van der Waals surface area (Å²) in [6.07, 6.45) is 0. The van der Waals surface area contributed by atoms with Gasteiger partial charge in [0.1, 0.15) is 17.3 Å². The lowest BCUT2D eigenvalue weighted by molar-refractivity contribution is -0.132. The zero-order chi connectivity index (χ0) is 28.7. The van der Waals surface area contributed by atoms with Crippen LogP contribution in [0, 0.1) is 0 Å². The average molecular weight is 551 g/mol. The van der Waals surface area contributed by atoms with Crippen LogP contribution in [0.5, 0.6) is 11.5 Å². The van der Waals surface area contributed by atoms with Gasteiger partial charge in [-0.25, -0.2) is 13.6 Å². The number of Topliss-reactive ketones (excluding diaryl/α,β-unsaturated/α-hetero) is 1. The lowest BCUT2D eigenvalue weighted by Crippen LogP contribution is -2.29. The number of methoxy groups -OCH3 is 2. The van der Waals surface area contributed by atoms with Gasteiger partial charge in [-0.3, -0.25) is 14.5 Å². The molecule has 3 N–H and O–H groups in total. The molecule has 0 aliphatic carbocycles. The van der Waals surface area contributed by atoms with Crippen LogP contribution in [0.1, 0.15) is 43.5 Å². The number of hydrogen-bond acceptors (Lipinski definition) is 7. The van der Waals surface area contributed by atoms with E-state index in [0.29, 0.717) is 22.6 Å². The molecule has 1 amide bonds. The molecule has 9 nitrogen and oxygen atoms in total. The molecule has 0 bridgehead atoms. The molecule has 0 aromatic heterocycles. The lowest BCUT2D eigenvalue weighted by atomic mass is 9.84. The number of primary sulfonamides is 1. The number of carbonyl (C=O) groups is 2. The molecule has 39 heavy (non-hydrogen) atoms. The van der Waals surface area contributed by atoms with Gasteiger partial charge in [0.05, 0.1) is 30.7 Å². The van der Waals surface area contributed by atoms with Crippen molar-refractivity contribution in [2.24, 2.45) is 5.14 Å². The van der Waals surface area contributed by atoms with Crippen LogP contribution in [0.25, 0.3) is 5.76 Å². The van der Waals surface area contributed by atoms with Gasteiger partial charge in [-0.1, -0.05) is 32.9 Å². The van der Waals surface area contributed by atoms with E-state index < -0.39 is 27.8 Å². The smallest absolute Gasteiger partial charge is 0.300 e. The number of nitrogens with zero attached hydrogens (tertiary/aromatic N) is 1. The van der Waals surface area contributed by atoms with Gasteiger partial charge in [0, 0.05) is 16.8 Å². The molecule has 10 heteroatoms. The fraction of sp³-hybridized carbons (Fsp3) is 0.241. The van der Waals surface area contributed by atoms with E-state index in [2.05, 4.69) is 0 Å². The van der Waals surface area contributed by atoms with Crippen LogP contribution < -0.4 is 19.5 Å². The number of anilines is 1. The summed E-state index contributed by atoms with van der Waals surface area (Å²) in [5, 5.41) is 16.7. The van der Waals surface area contributed by atoms with Crippen molar-refractivity contribution in [3.8, 4) is 11.5 Å². The first-order valence-corrected chi connectivity index (χ1v) is 13.6. The first-order chi connectivity index (χ1) is 18.3. The van der Waals surface area contributed by atoms with E-state index in [1.165, 1.54) is 36.3 Å². The maximum atomic E-state index is 13.5. The molecule has 3 aromatic carbocycles. The van der Waals surface area contributed by atoms with E-state index >= 15 is 0 Å². The van der Waals surface area contributed by atoms with Crippen molar-refractivity contribution in [3.05, 3.63) is 89.0 Å². The standard InChI is InChI=1S/C29H30N2O7S/c1-29(2,3)22-16-18(8-15-23(22)38-5)26(32)24-25(17-6-11-20(37-4)12-7-17)31(28(34)27(24)33)19-9-13-21(14-10-19)39(30,35)36/h6-16,25,32H,1-5H3,(H2,30,35,36)/b26-24-. The third-order valence-electron chi connectivity index (χ3n) is 6.60. The Morgan fingerprint density at radius 3 is 2.05 bits per heavy atom.